The lowest BCUT2D eigenvalue weighted by atomic mass is 9.75. The van der Waals surface area contributed by atoms with Crippen LogP contribution in [0.2, 0.25) is 0 Å². The number of carbonyl (C=O) groups is 1. The highest BCUT2D eigenvalue weighted by Gasteiger charge is 2.45. The largest absolute Gasteiger partial charge is 0.371 e. The molecular weight excluding hydrogens is 372 g/mol. The van der Waals surface area contributed by atoms with Crippen LogP contribution in [0, 0.1) is 0 Å². The molecule has 2 aromatic rings. The number of likely N-dealkylation sites (N-methyl/N-ethyl adjacent to an activating group) is 1. The Morgan fingerprint density at radius 2 is 1.77 bits per heavy atom. The Bertz CT molecular complexity index is 847. The van der Waals surface area contributed by atoms with Gasteiger partial charge >= 0.3 is 0 Å². The Balaban J connectivity index is 1.60. The molecule has 30 heavy (non-hydrogen) atoms. The van der Waals surface area contributed by atoms with Crippen molar-refractivity contribution in [2.24, 2.45) is 0 Å². The van der Waals surface area contributed by atoms with Gasteiger partial charge in [0.05, 0.1) is 5.69 Å². The van der Waals surface area contributed by atoms with Crippen LogP contribution in [0.3, 0.4) is 0 Å². The Hall–Kier alpha value is -2.40. The lowest BCUT2D eigenvalue weighted by molar-refractivity contribution is -0.137. The second-order valence-electron chi connectivity index (χ2n) is 8.99. The average Bonchev–Trinajstić information content (AvgIpc) is 2.80. The highest BCUT2D eigenvalue weighted by molar-refractivity contribution is 5.88. The molecule has 2 saturated heterocycles. The van der Waals surface area contributed by atoms with E-state index < -0.39 is 5.41 Å². The predicted molar refractivity (Wildman–Crippen MR) is 122 cm³/mol. The second-order valence-corrected chi connectivity index (χ2v) is 8.99. The van der Waals surface area contributed by atoms with Gasteiger partial charge in [0.1, 0.15) is 5.41 Å². The number of aromatic nitrogens is 1. The number of nitrogens with zero attached hydrogens (tertiary/aromatic N) is 4. The maximum Gasteiger partial charge on any atom is 0.235 e. The first-order valence-electron chi connectivity index (χ1n) is 11.3. The lowest BCUT2D eigenvalue weighted by Crippen LogP contribution is -2.54. The third kappa shape index (κ3) is 4.22. The number of rotatable bonds is 5. The summed E-state index contributed by atoms with van der Waals surface area (Å²) in [6, 6.07) is 14.8. The van der Waals surface area contributed by atoms with Gasteiger partial charge in [0.15, 0.2) is 0 Å². The zero-order chi connectivity index (χ0) is 21.0. The zero-order valence-corrected chi connectivity index (χ0v) is 18.4. The van der Waals surface area contributed by atoms with Gasteiger partial charge in [0, 0.05) is 52.2 Å². The van der Waals surface area contributed by atoms with Crippen LogP contribution in [-0.2, 0) is 16.8 Å². The van der Waals surface area contributed by atoms with E-state index in [9.17, 15) is 4.79 Å². The number of anilines is 1. The van der Waals surface area contributed by atoms with E-state index in [0.29, 0.717) is 0 Å². The maximum absolute atomic E-state index is 13.4. The van der Waals surface area contributed by atoms with E-state index in [1.807, 2.05) is 38.5 Å². The van der Waals surface area contributed by atoms with Crippen molar-refractivity contribution in [3.05, 3.63) is 59.9 Å². The molecule has 5 nitrogen and oxygen atoms in total. The second kappa shape index (κ2) is 9.17. The average molecular weight is 407 g/mol. The summed E-state index contributed by atoms with van der Waals surface area (Å²) in [5.74, 6) is 0.162. The highest BCUT2D eigenvalue weighted by atomic mass is 16.2. The zero-order valence-electron chi connectivity index (χ0n) is 18.4. The van der Waals surface area contributed by atoms with Gasteiger partial charge in [-0.3, -0.25) is 14.7 Å². The molecule has 0 aliphatic carbocycles. The number of amides is 1. The Morgan fingerprint density at radius 1 is 1.00 bits per heavy atom. The highest BCUT2D eigenvalue weighted by Crippen LogP contribution is 2.36. The summed E-state index contributed by atoms with van der Waals surface area (Å²) in [5, 5.41) is 0. The van der Waals surface area contributed by atoms with Crippen LogP contribution in [-0.4, -0.2) is 61.0 Å². The normalized spacial score (nSPS) is 22.7. The number of para-hydroxylation sites is 1. The molecule has 0 saturated carbocycles. The van der Waals surface area contributed by atoms with Crippen molar-refractivity contribution in [2.45, 2.75) is 44.1 Å². The van der Waals surface area contributed by atoms with Gasteiger partial charge in [-0.15, -0.1) is 0 Å². The maximum atomic E-state index is 13.4. The van der Waals surface area contributed by atoms with Gasteiger partial charge in [-0.1, -0.05) is 24.3 Å². The van der Waals surface area contributed by atoms with Gasteiger partial charge in [-0.25, -0.2) is 0 Å². The third-order valence-corrected chi connectivity index (χ3v) is 6.62. The molecule has 1 amide bonds. The van der Waals surface area contributed by atoms with Crippen LogP contribution in [0.15, 0.2) is 48.7 Å². The number of carbonyl (C=O) groups excluding carboxylic acids is 1. The van der Waals surface area contributed by atoms with Crippen molar-refractivity contribution in [3.8, 4) is 0 Å². The number of benzene rings is 1. The standard InChI is InChI=1S/C25H34N4O/c1-27(2)24(30)25(23-13-6-7-15-26-23)14-10-16-28(20-25)19-21-11-4-5-12-22(21)29-17-8-3-9-18-29/h4-7,11-13,15H,3,8-10,14,16-20H2,1-2H3/t25-/m0/s1. The molecule has 0 N–H and O–H groups in total. The first-order valence-corrected chi connectivity index (χ1v) is 11.3. The van der Waals surface area contributed by atoms with E-state index in [1.165, 1.54) is 30.5 Å². The van der Waals surface area contributed by atoms with Crippen molar-refractivity contribution >= 4 is 11.6 Å². The number of hydrogen-bond donors (Lipinski definition) is 0. The van der Waals surface area contributed by atoms with Crippen LogP contribution in [0.4, 0.5) is 5.69 Å². The van der Waals surface area contributed by atoms with Crippen LogP contribution in [0.25, 0.3) is 0 Å². The Kier molecular flexibility index (Phi) is 6.38. The third-order valence-electron chi connectivity index (χ3n) is 6.62. The van der Waals surface area contributed by atoms with E-state index in [0.717, 1.165) is 51.3 Å². The number of pyridine rings is 1. The van der Waals surface area contributed by atoms with Crippen molar-refractivity contribution in [1.29, 1.82) is 0 Å². The number of piperidine rings is 2. The molecule has 2 fully saturated rings. The molecule has 1 aromatic heterocycles. The Morgan fingerprint density at radius 3 is 2.50 bits per heavy atom. The molecule has 0 bridgehead atoms. The van der Waals surface area contributed by atoms with E-state index in [4.69, 9.17) is 0 Å². The lowest BCUT2D eigenvalue weighted by Gasteiger charge is -2.43. The van der Waals surface area contributed by atoms with Gasteiger partial charge in [-0.2, -0.15) is 0 Å². The SMILES string of the molecule is CN(C)C(=O)[C@@]1(c2ccccn2)CCCN(Cc2ccccc2N2CCCCC2)C1. The summed E-state index contributed by atoms with van der Waals surface area (Å²) in [6.45, 7) is 4.91. The first kappa shape index (κ1) is 20.9. The fraction of sp³-hybridized carbons (Fsp3) is 0.520. The number of likely N-dealkylation sites (tertiary alicyclic amines) is 1. The minimum Gasteiger partial charge on any atom is -0.371 e. The summed E-state index contributed by atoms with van der Waals surface area (Å²) in [5.41, 5.74) is 3.07. The van der Waals surface area contributed by atoms with E-state index in [1.54, 1.807) is 4.90 Å². The molecule has 4 rings (SSSR count). The summed E-state index contributed by atoms with van der Waals surface area (Å²) in [6.07, 6.45) is 7.55. The van der Waals surface area contributed by atoms with Crippen molar-refractivity contribution < 1.29 is 4.79 Å². The van der Waals surface area contributed by atoms with E-state index >= 15 is 0 Å². The topological polar surface area (TPSA) is 39.7 Å². The summed E-state index contributed by atoms with van der Waals surface area (Å²) < 4.78 is 0. The van der Waals surface area contributed by atoms with Gasteiger partial charge < -0.3 is 9.80 Å². The first-order chi connectivity index (χ1) is 14.6. The molecule has 2 aliphatic heterocycles. The monoisotopic (exact) mass is 406 g/mol. The minimum absolute atomic E-state index is 0.162. The molecular formula is C25H34N4O. The molecule has 0 unspecified atom stereocenters. The van der Waals surface area contributed by atoms with Crippen molar-refractivity contribution in [1.82, 2.24) is 14.8 Å². The molecule has 5 heteroatoms. The fourth-order valence-corrected chi connectivity index (χ4v) is 5.18. The summed E-state index contributed by atoms with van der Waals surface area (Å²) >= 11 is 0. The molecule has 0 spiro atoms. The van der Waals surface area contributed by atoms with Crippen LogP contribution in [0.5, 0.6) is 0 Å². The van der Waals surface area contributed by atoms with Gasteiger partial charge in [0.25, 0.3) is 0 Å². The molecule has 2 aliphatic rings. The molecule has 3 heterocycles. The smallest absolute Gasteiger partial charge is 0.235 e. The molecule has 0 radical (unpaired) electrons. The molecule has 1 atom stereocenters. The van der Waals surface area contributed by atoms with Gasteiger partial charge in [-0.05, 0) is 62.4 Å². The molecule has 1 aromatic carbocycles. The van der Waals surface area contributed by atoms with E-state index in [2.05, 4.69) is 39.0 Å². The van der Waals surface area contributed by atoms with Crippen molar-refractivity contribution in [3.63, 3.8) is 0 Å². The fourth-order valence-electron chi connectivity index (χ4n) is 5.18. The van der Waals surface area contributed by atoms with Crippen LogP contribution >= 0.6 is 0 Å². The quantitative estimate of drug-likeness (QED) is 0.759. The summed E-state index contributed by atoms with van der Waals surface area (Å²) in [4.78, 5) is 24.7. The van der Waals surface area contributed by atoms with Crippen LogP contribution in [0.1, 0.15) is 43.4 Å². The molecule has 160 valence electrons. The van der Waals surface area contributed by atoms with E-state index in [-0.39, 0.29) is 5.91 Å². The van der Waals surface area contributed by atoms with Crippen molar-refractivity contribution in [2.75, 3.05) is 45.2 Å². The van der Waals surface area contributed by atoms with Gasteiger partial charge in [0.2, 0.25) is 5.91 Å². The minimum atomic E-state index is -0.566. The predicted octanol–water partition coefficient (Wildman–Crippen LogP) is 3.69. The summed E-state index contributed by atoms with van der Waals surface area (Å²) in [7, 11) is 3.72. The number of hydrogen-bond acceptors (Lipinski definition) is 4. The van der Waals surface area contributed by atoms with Crippen LogP contribution < -0.4 is 4.90 Å². The Labute approximate surface area is 180 Å².